The van der Waals surface area contributed by atoms with Gasteiger partial charge in [0, 0.05) is 12.1 Å². The number of nitrogen functional groups attached to an aromatic ring is 1. The highest BCUT2D eigenvalue weighted by Gasteiger charge is 2.06. The first-order chi connectivity index (χ1) is 8.19. The third-order valence-corrected chi connectivity index (χ3v) is 2.71. The van der Waals surface area contributed by atoms with Gasteiger partial charge in [0.25, 0.3) is 5.91 Å². The first-order valence-electron chi connectivity index (χ1n) is 6.04. The van der Waals surface area contributed by atoms with E-state index < -0.39 is 0 Å². The van der Waals surface area contributed by atoms with Gasteiger partial charge in [0.2, 0.25) is 0 Å². The summed E-state index contributed by atoms with van der Waals surface area (Å²) in [6.45, 7) is 4.80. The molecule has 0 saturated heterocycles. The number of rotatable bonds is 6. The van der Waals surface area contributed by atoms with Crippen molar-refractivity contribution in [1.82, 2.24) is 5.32 Å². The molecule has 0 fully saturated rings. The number of benzene rings is 1. The summed E-state index contributed by atoms with van der Waals surface area (Å²) in [7, 11) is 0. The van der Waals surface area contributed by atoms with E-state index in [0.29, 0.717) is 5.56 Å². The van der Waals surface area contributed by atoms with E-state index in [4.69, 9.17) is 5.84 Å². The van der Waals surface area contributed by atoms with Crippen LogP contribution in [0.25, 0.3) is 0 Å². The molecular formula is C13H21N3O. The zero-order chi connectivity index (χ0) is 12.7. The maximum absolute atomic E-state index is 11.8. The minimum atomic E-state index is -0.0206. The number of nitrogens with one attached hydrogen (secondary N) is 2. The number of carbonyl (C=O) groups excluding carboxylic acids is 1. The highest BCUT2D eigenvalue weighted by Crippen LogP contribution is 2.15. The fourth-order valence-electron chi connectivity index (χ4n) is 1.65. The third-order valence-electron chi connectivity index (χ3n) is 2.71. The molecular weight excluding hydrogens is 214 g/mol. The molecule has 0 aliphatic rings. The smallest absolute Gasteiger partial charge is 0.251 e. The number of hydrogen-bond donors (Lipinski definition) is 3. The molecule has 94 valence electrons. The quantitative estimate of drug-likeness (QED) is 0.402. The second-order valence-corrected chi connectivity index (χ2v) is 4.14. The van der Waals surface area contributed by atoms with Crippen LogP contribution in [0.3, 0.4) is 0 Å². The molecule has 0 radical (unpaired) electrons. The average Bonchev–Trinajstić information content (AvgIpc) is 2.34. The van der Waals surface area contributed by atoms with Crippen LogP contribution in [0.2, 0.25) is 0 Å². The molecule has 0 unspecified atom stereocenters. The Labute approximate surface area is 103 Å². The maximum atomic E-state index is 11.8. The second kappa shape index (κ2) is 6.91. The Kier molecular flexibility index (Phi) is 5.49. The van der Waals surface area contributed by atoms with Gasteiger partial charge in [0.1, 0.15) is 0 Å². The van der Waals surface area contributed by atoms with Crippen molar-refractivity contribution < 1.29 is 4.79 Å². The molecule has 0 aliphatic heterocycles. The van der Waals surface area contributed by atoms with Gasteiger partial charge in [0.15, 0.2) is 0 Å². The number of nitrogens with two attached hydrogens (primary N) is 1. The summed E-state index contributed by atoms with van der Waals surface area (Å²) in [5.74, 6) is 5.32. The molecule has 0 heterocycles. The van der Waals surface area contributed by atoms with Gasteiger partial charge >= 0.3 is 0 Å². The standard InChI is InChI=1S/C13H21N3O/c1-3-4-5-8-15-13(17)11-6-7-12(16-14)10(2)9-11/h6-7,9,16H,3-5,8,14H2,1-2H3,(H,15,17). The molecule has 0 bridgehead atoms. The zero-order valence-corrected chi connectivity index (χ0v) is 10.5. The molecule has 0 aliphatic carbocycles. The fraction of sp³-hybridized carbons (Fsp3) is 0.462. The first kappa shape index (κ1) is 13.5. The summed E-state index contributed by atoms with van der Waals surface area (Å²) < 4.78 is 0. The summed E-state index contributed by atoms with van der Waals surface area (Å²) in [5, 5.41) is 2.91. The Morgan fingerprint density at radius 1 is 1.35 bits per heavy atom. The van der Waals surface area contributed by atoms with Crippen molar-refractivity contribution in [2.45, 2.75) is 33.1 Å². The van der Waals surface area contributed by atoms with Gasteiger partial charge in [-0.15, -0.1) is 0 Å². The lowest BCUT2D eigenvalue weighted by molar-refractivity contribution is 0.0953. The third kappa shape index (κ3) is 4.07. The number of hydrazine groups is 1. The van der Waals surface area contributed by atoms with E-state index in [9.17, 15) is 4.79 Å². The second-order valence-electron chi connectivity index (χ2n) is 4.14. The SMILES string of the molecule is CCCCCNC(=O)c1ccc(NN)c(C)c1. The molecule has 4 nitrogen and oxygen atoms in total. The van der Waals surface area contributed by atoms with E-state index in [1.165, 1.54) is 0 Å². The molecule has 0 saturated carbocycles. The molecule has 1 rings (SSSR count). The van der Waals surface area contributed by atoms with Crippen LogP contribution < -0.4 is 16.6 Å². The molecule has 17 heavy (non-hydrogen) atoms. The van der Waals surface area contributed by atoms with Crippen LogP contribution in [0.15, 0.2) is 18.2 Å². The van der Waals surface area contributed by atoms with Crippen molar-refractivity contribution in [3.63, 3.8) is 0 Å². The van der Waals surface area contributed by atoms with E-state index >= 15 is 0 Å². The van der Waals surface area contributed by atoms with Crippen molar-refractivity contribution in [3.05, 3.63) is 29.3 Å². The Bertz CT molecular complexity index is 377. The maximum Gasteiger partial charge on any atom is 0.251 e. The topological polar surface area (TPSA) is 67.2 Å². The monoisotopic (exact) mass is 235 g/mol. The summed E-state index contributed by atoms with van der Waals surface area (Å²) in [5.41, 5.74) is 5.07. The molecule has 4 heteroatoms. The minimum Gasteiger partial charge on any atom is -0.352 e. The van der Waals surface area contributed by atoms with E-state index in [-0.39, 0.29) is 5.91 Å². The molecule has 0 aromatic heterocycles. The Balaban J connectivity index is 2.54. The van der Waals surface area contributed by atoms with E-state index in [0.717, 1.165) is 37.1 Å². The van der Waals surface area contributed by atoms with Gasteiger partial charge in [0.05, 0.1) is 5.69 Å². The van der Waals surface area contributed by atoms with Gasteiger partial charge in [-0.2, -0.15) is 0 Å². The zero-order valence-electron chi connectivity index (χ0n) is 10.5. The predicted molar refractivity (Wildman–Crippen MR) is 70.8 cm³/mol. The molecule has 0 spiro atoms. The average molecular weight is 235 g/mol. The van der Waals surface area contributed by atoms with Crippen LogP contribution in [0.1, 0.15) is 42.1 Å². The van der Waals surface area contributed by atoms with Gasteiger partial charge in [-0.25, -0.2) is 0 Å². The number of aryl methyl sites for hydroxylation is 1. The normalized spacial score (nSPS) is 10.1. The van der Waals surface area contributed by atoms with Crippen molar-refractivity contribution in [2.24, 2.45) is 5.84 Å². The molecule has 4 N–H and O–H groups in total. The van der Waals surface area contributed by atoms with E-state index in [1.807, 2.05) is 19.1 Å². The highest BCUT2D eigenvalue weighted by atomic mass is 16.1. The van der Waals surface area contributed by atoms with Gasteiger partial charge < -0.3 is 10.7 Å². The molecule has 1 amide bonds. The molecule has 0 atom stereocenters. The number of amides is 1. The van der Waals surface area contributed by atoms with E-state index in [2.05, 4.69) is 17.7 Å². The Hall–Kier alpha value is -1.55. The summed E-state index contributed by atoms with van der Waals surface area (Å²) in [4.78, 5) is 11.8. The lowest BCUT2D eigenvalue weighted by Gasteiger charge is -2.08. The number of carbonyl (C=O) groups is 1. The Morgan fingerprint density at radius 3 is 2.71 bits per heavy atom. The van der Waals surface area contributed by atoms with Crippen LogP contribution in [-0.2, 0) is 0 Å². The van der Waals surface area contributed by atoms with Crippen LogP contribution >= 0.6 is 0 Å². The van der Waals surface area contributed by atoms with Crippen LogP contribution in [0, 0.1) is 6.92 Å². The Morgan fingerprint density at radius 2 is 2.12 bits per heavy atom. The lowest BCUT2D eigenvalue weighted by Crippen LogP contribution is -2.24. The van der Waals surface area contributed by atoms with Crippen LogP contribution in [0.4, 0.5) is 5.69 Å². The van der Waals surface area contributed by atoms with Gasteiger partial charge in [-0.3, -0.25) is 10.6 Å². The first-order valence-corrected chi connectivity index (χ1v) is 6.04. The molecule has 1 aromatic carbocycles. The summed E-state index contributed by atoms with van der Waals surface area (Å²) in [6.07, 6.45) is 3.34. The fourth-order valence-corrected chi connectivity index (χ4v) is 1.65. The van der Waals surface area contributed by atoms with Crippen molar-refractivity contribution in [2.75, 3.05) is 12.0 Å². The van der Waals surface area contributed by atoms with Crippen LogP contribution in [-0.4, -0.2) is 12.5 Å². The highest BCUT2D eigenvalue weighted by molar-refractivity contribution is 5.94. The summed E-state index contributed by atoms with van der Waals surface area (Å²) >= 11 is 0. The van der Waals surface area contributed by atoms with E-state index in [1.54, 1.807) is 6.07 Å². The van der Waals surface area contributed by atoms with Gasteiger partial charge in [-0.05, 0) is 37.1 Å². The van der Waals surface area contributed by atoms with Crippen molar-refractivity contribution >= 4 is 11.6 Å². The predicted octanol–water partition coefficient (Wildman–Crippen LogP) is 2.20. The van der Waals surface area contributed by atoms with Crippen molar-refractivity contribution in [3.8, 4) is 0 Å². The lowest BCUT2D eigenvalue weighted by atomic mass is 10.1. The number of hydrogen-bond acceptors (Lipinski definition) is 3. The number of unbranched alkanes of at least 4 members (excludes halogenated alkanes) is 2. The minimum absolute atomic E-state index is 0.0206. The van der Waals surface area contributed by atoms with Gasteiger partial charge in [-0.1, -0.05) is 19.8 Å². The van der Waals surface area contributed by atoms with Crippen molar-refractivity contribution in [1.29, 1.82) is 0 Å². The molecule has 1 aromatic rings. The van der Waals surface area contributed by atoms with Crippen LogP contribution in [0.5, 0.6) is 0 Å². The summed E-state index contributed by atoms with van der Waals surface area (Å²) in [6, 6.07) is 5.43. The largest absolute Gasteiger partial charge is 0.352 e. The number of anilines is 1.